The Morgan fingerprint density at radius 2 is 0.550 bits per heavy atom. The maximum atomic E-state index is 5.52. The summed E-state index contributed by atoms with van der Waals surface area (Å²) >= 11 is 0. The first-order valence-corrected chi connectivity index (χ1v) is 27.2. The highest BCUT2D eigenvalue weighted by molar-refractivity contribution is 5.81. The van der Waals surface area contributed by atoms with Crippen LogP contribution in [0.15, 0.2) is 243 Å². The number of hydrogen-bond acceptors (Lipinski definition) is 7. The van der Waals surface area contributed by atoms with E-state index >= 15 is 0 Å². The van der Waals surface area contributed by atoms with E-state index in [0.29, 0.717) is 35.2 Å². The van der Waals surface area contributed by atoms with E-state index in [1.165, 1.54) is 44.5 Å². The van der Waals surface area contributed by atoms with Gasteiger partial charge in [-0.2, -0.15) is 19.9 Å². The van der Waals surface area contributed by atoms with E-state index < -0.39 is 0 Å². The standard InChI is InChI=1S/C73H59N7/c1-47-40-49(3)65(50(4)41-47)67(66-51(5)42-48(2)43-52(66)6)57-36-38-64(39-37-57)80(72-76-68(58-28-18-10-19-29-58)74-70(78-72)60-34-32-56(33-35-60)53-22-12-7-13-23-53)73-77-69(59-30-20-11-21-31-59)75-71(79-73)63-45-61(54-24-14-8-15-25-54)44-62(46-63)55-26-16-9-17-27-55/h7-46,67H,1-6H3. The van der Waals surface area contributed by atoms with Gasteiger partial charge < -0.3 is 0 Å². The normalized spacial score (nSPS) is 11.2. The average molecular weight is 1030 g/mol. The molecule has 12 aromatic rings. The largest absolute Gasteiger partial charge is 0.246 e. The van der Waals surface area contributed by atoms with Crippen molar-refractivity contribution in [1.82, 2.24) is 29.9 Å². The van der Waals surface area contributed by atoms with Crippen LogP contribution >= 0.6 is 0 Å². The maximum Gasteiger partial charge on any atom is 0.241 e. The lowest BCUT2D eigenvalue weighted by atomic mass is 9.77. The molecule has 0 atom stereocenters. The van der Waals surface area contributed by atoms with Gasteiger partial charge >= 0.3 is 0 Å². The molecular weight excluding hydrogens is 975 g/mol. The molecule has 0 fully saturated rings. The molecule has 10 aromatic carbocycles. The predicted octanol–water partition coefficient (Wildman–Crippen LogP) is 18.2. The monoisotopic (exact) mass is 1030 g/mol. The Hall–Kier alpha value is -9.98. The summed E-state index contributed by atoms with van der Waals surface area (Å²) in [7, 11) is 0. The molecule has 7 heteroatoms. The van der Waals surface area contributed by atoms with Crippen LogP contribution in [0, 0.1) is 41.5 Å². The predicted molar refractivity (Wildman–Crippen MR) is 328 cm³/mol. The van der Waals surface area contributed by atoms with Crippen molar-refractivity contribution in [2.24, 2.45) is 0 Å². The summed E-state index contributed by atoms with van der Waals surface area (Å²) in [6.45, 7) is 13.3. The van der Waals surface area contributed by atoms with E-state index in [-0.39, 0.29) is 5.92 Å². The molecule has 2 aromatic heterocycles. The molecule has 0 unspecified atom stereocenters. The lowest BCUT2D eigenvalue weighted by Gasteiger charge is -2.28. The van der Waals surface area contributed by atoms with Gasteiger partial charge in [0.1, 0.15) is 0 Å². The molecule has 0 saturated carbocycles. The van der Waals surface area contributed by atoms with Gasteiger partial charge in [-0.25, -0.2) is 14.9 Å². The van der Waals surface area contributed by atoms with Gasteiger partial charge in [-0.05, 0) is 144 Å². The Balaban J connectivity index is 1.11. The summed E-state index contributed by atoms with van der Waals surface area (Å²) < 4.78 is 0. The van der Waals surface area contributed by atoms with Crippen LogP contribution in [0.25, 0.3) is 78.9 Å². The van der Waals surface area contributed by atoms with E-state index in [9.17, 15) is 0 Å². The summed E-state index contributed by atoms with van der Waals surface area (Å²) in [6, 6.07) is 84.5. The van der Waals surface area contributed by atoms with Crippen LogP contribution in [0.1, 0.15) is 56.0 Å². The van der Waals surface area contributed by atoms with E-state index in [4.69, 9.17) is 29.9 Å². The maximum absolute atomic E-state index is 5.52. The third-order valence-corrected chi connectivity index (χ3v) is 14.9. The second kappa shape index (κ2) is 22.2. The topological polar surface area (TPSA) is 80.6 Å². The van der Waals surface area contributed by atoms with Gasteiger partial charge in [-0.15, -0.1) is 0 Å². The van der Waals surface area contributed by atoms with Crippen LogP contribution in [0.3, 0.4) is 0 Å². The number of hydrogen-bond donors (Lipinski definition) is 0. The fourth-order valence-electron chi connectivity index (χ4n) is 11.3. The molecule has 0 saturated heterocycles. The number of rotatable bonds is 13. The Labute approximate surface area is 469 Å². The van der Waals surface area contributed by atoms with Gasteiger partial charge in [0.15, 0.2) is 23.3 Å². The minimum Gasteiger partial charge on any atom is -0.246 e. The first-order chi connectivity index (χ1) is 39.1. The van der Waals surface area contributed by atoms with E-state index in [1.54, 1.807) is 0 Å². The molecular formula is C73H59N7. The third-order valence-electron chi connectivity index (χ3n) is 14.9. The first kappa shape index (κ1) is 50.8. The summed E-state index contributed by atoms with van der Waals surface area (Å²) in [5.41, 5.74) is 21.9. The molecule has 0 radical (unpaired) electrons. The van der Waals surface area contributed by atoms with Crippen molar-refractivity contribution in [2.45, 2.75) is 47.5 Å². The average Bonchev–Trinajstić information content (AvgIpc) is 3.51. The number of anilines is 3. The van der Waals surface area contributed by atoms with Crippen molar-refractivity contribution < 1.29 is 0 Å². The van der Waals surface area contributed by atoms with Gasteiger partial charge in [0.25, 0.3) is 0 Å². The highest BCUT2D eigenvalue weighted by Crippen LogP contribution is 2.43. The smallest absolute Gasteiger partial charge is 0.241 e. The third kappa shape index (κ3) is 10.6. The number of aromatic nitrogens is 6. The molecule has 7 nitrogen and oxygen atoms in total. The second-order valence-electron chi connectivity index (χ2n) is 20.8. The number of aryl methyl sites for hydroxylation is 6. The van der Waals surface area contributed by atoms with Crippen molar-refractivity contribution >= 4 is 17.6 Å². The molecule has 2 heterocycles. The Morgan fingerprint density at radius 1 is 0.263 bits per heavy atom. The fourth-order valence-corrected chi connectivity index (χ4v) is 11.3. The number of benzene rings is 10. The quantitative estimate of drug-likeness (QED) is 0.106. The van der Waals surface area contributed by atoms with Crippen LogP contribution < -0.4 is 4.90 Å². The molecule has 0 aliphatic heterocycles. The highest BCUT2D eigenvalue weighted by Gasteiger charge is 2.28. The van der Waals surface area contributed by atoms with Crippen LogP contribution in [0.5, 0.6) is 0 Å². The molecule has 0 N–H and O–H groups in total. The Kier molecular flexibility index (Phi) is 14.1. The van der Waals surface area contributed by atoms with Crippen molar-refractivity contribution in [3.8, 4) is 78.9 Å². The molecule has 0 aliphatic rings. The number of nitrogens with zero attached hydrogens (tertiary/aromatic N) is 7. The zero-order chi connectivity index (χ0) is 54.7. The summed E-state index contributed by atoms with van der Waals surface area (Å²) in [5, 5.41) is 0. The van der Waals surface area contributed by atoms with Crippen LogP contribution in [-0.2, 0) is 0 Å². The first-order valence-electron chi connectivity index (χ1n) is 27.2. The van der Waals surface area contributed by atoms with E-state index in [2.05, 4.69) is 205 Å². The molecule has 0 amide bonds. The fraction of sp³-hybridized carbons (Fsp3) is 0.0959. The minimum atomic E-state index is -0.0461. The van der Waals surface area contributed by atoms with E-state index in [1.807, 2.05) is 83.8 Å². The molecule has 12 rings (SSSR count). The van der Waals surface area contributed by atoms with Crippen molar-refractivity contribution in [3.63, 3.8) is 0 Å². The van der Waals surface area contributed by atoms with Gasteiger partial charge in [-0.3, -0.25) is 0 Å². The van der Waals surface area contributed by atoms with Crippen molar-refractivity contribution in [1.29, 1.82) is 0 Å². The SMILES string of the molecule is Cc1cc(C)c(C(c2ccc(N(c3nc(-c4ccccc4)nc(-c4ccc(-c5ccccc5)cc4)n3)c3nc(-c4ccccc4)nc(-c4cc(-c5ccccc5)cc(-c5ccccc5)c4)n3)cc2)c2c(C)cc(C)cc2C)c(C)c1. The molecule has 80 heavy (non-hydrogen) atoms. The van der Waals surface area contributed by atoms with Gasteiger partial charge in [-0.1, -0.05) is 223 Å². The summed E-state index contributed by atoms with van der Waals surface area (Å²) in [5.74, 6) is 2.66. The Morgan fingerprint density at radius 3 is 0.925 bits per heavy atom. The zero-order valence-electron chi connectivity index (χ0n) is 45.8. The minimum absolute atomic E-state index is 0.0461. The second-order valence-corrected chi connectivity index (χ2v) is 20.8. The van der Waals surface area contributed by atoms with Crippen LogP contribution in [0.2, 0.25) is 0 Å². The van der Waals surface area contributed by atoms with Gasteiger partial charge in [0, 0.05) is 28.2 Å². The van der Waals surface area contributed by atoms with Crippen molar-refractivity contribution in [3.05, 3.63) is 293 Å². The zero-order valence-corrected chi connectivity index (χ0v) is 45.8. The molecule has 0 spiro atoms. The highest BCUT2D eigenvalue weighted by atomic mass is 15.4. The van der Waals surface area contributed by atoms with E-state index in [0.717, 1.165) is 66.9 Å². The molecule has 0 bridgehead atoms. The lowest BCUT2D eigenvalue weighted by molar-refractivity contribution is 0.917. The van der Waals surface area contributed by atoms with Crippen LogP contribution in [0.4, 0.5) is 17.6 Å². The van der Waals surface area contributed by atoms with Gasteiger partial charge in [0.2, 0.25) is 11.9 Å². The Bertz CT molecular complexity index is 3990. The molecule has 0 aliphatic carbocycles. The molecule has 386 valence electrons. The lowest BCUT2D eigenvalue weighted by Crippen LogP contribution is -2.19. The summed E-state index contributed by atoms with van der Waals surface area (Å²) in [4.78, 5) is 34.2. The summed E-state index contributed by atoms with van der Waals surface area (Å²) in [6.07, 6.45) is 0. The van der Waals surface area contributed by atoms with Crippen LogP contribution in [-0.4, -0.2) is 29.9 Å². The van der Waals surface area contributed by atoms with Crippen molar-refractivity contribution in [2.75, 3.05) is 4.90 Å². The van der Waals surface area contributed by atoms with Gasteiger partial charge in [0.05, 0.1) is 5.69 Å².